The summed E-state index contributed by atoms with van der Waals surface area (Å²) in [4.78, 5) is 2.34. The van der Waals surface area contributed by atoms with Crippen LogP contribution in [0, 0.1) is 0 Å². The number of fused-ring (bicyclic) bond motifs is 11. The summed E-state index contributed by atoms with van der Waals surface area (Å²) >= 11 is 0. The fourth-order valence-electron chi connectivity index (χ4n) is 17.7. The molecule has 137 heavy (non-hydrogen) atoms. The van der Waals surface area contributed by atoms with E-state index in [-0.39, 0.29) is 112 Å². The van der Waals surface area contributed by atoms with Crippen molar-refractivity contribution in [3.8, 4) is 11.5 Å². The molecule has 0 saturated carbocycles. The van der Waals surface area contributed by atoms with Crippen LogP contribution in [0.1, 0.15) is 445 Å². The Labute approximate surface area is 830 Å². The minimum atomic E-state index is -2.63. The third-order valence-electron chi connectivity index (χ3n) is 27.1. The van der Waals surface area contributed by atoms with Gasteiger partial charge in [0.25, 0.3) is 0 Å². The van der Waals surface area contributed by atoms with Crippen LogP contribution in [0.25, 0.3) is 65.8 Å². The number of rotatable bonds is 12. The quantitative estimate of drug-likeness (QED) is 0.108. The van der Waals surface area contributed by atoms with E-state index in [9.17, 15) is 0 Å². The van der Waals surface area contributed by atoms with Crippen LogP contribution < -0.4 is 22.6 Å². The minimum Gasteiger partial charge on any atom is -0.414 e. The highest BCUT2D eigenvalue weighted by Gasteiger charge is 2.41. The van der Waals surface area contributed by atoms with Crippen LogP contribution in [0.15, 0.2) is 122 Å². The summed E-state index contributed by atoms with van der Waals surface area (Å²) in [6.45, 7) is 113. The van der Waals surface area contributed by atoms with Gasteiger partial charge in [0.05, 0.1) is 19.8 Å². The monoisotopic (exact) mass is 1950 g/mol. The van der Waals surface area contributed by atoms with Crippen molar-refractivity contribution < 1.29 is 52.0 Å². The van der Waals surface area contributed by atoms with Gasteiger partial charge in [0, 0.05) is 114 Å². The largest absolute Gasteiger partial charge is 0.505 e. The van der Waals surface area contributed by atoms with Gasteiger partial charge in [0.1, 0.15) is 45.0 Å². The van der Waals surface area contributed by atoms with E-state index in [1.807, 2.05) is 0 Å². The number of halogens is 1. The smallest absolute Gasteiger partial charge is 0.414 e. The molecule has 0 spiro atoms. The lowest BCUT2D eigenvalue weighted by Gasteiger charge is -2.35. The fraction of sp³-hybridized carbons (Fsp3) is 0.600. The normalized spacial score (nSPS) is 15.4. The highest BCUT2D eigenvalue weighted by atomic mass is 31.2. The van der Waals surface area contributed by atoms with Crippen molar-refractivity contribution in [3.63, 3.8) is 0 Å². The van der Waals surface area contributed by atoms with E-state index in [0.29, 0.717) is 31.1 Å². The van der Waals surface area contributed by atoms with Crippen LogP contribution in [0.2, 0.25) is 0 Å². The first-order valence-electron chi connectivity index (χ1n) is 50.3. The van der Waals surface area contributed by atoms with Gasteiger partial charge in [-0.2, -0.15) is 0 Å². The third-order valence-corrected chi connectivity index (χ3v) is 30.9. The average Bonchev–Trinajstić information content (AvgIpc) is 1.27. The van der Waals surface area contributed by atoms with E-state index in [0.717, 1.165) is 121 Å². The number of hydrogen-bond donors (Lipinski definition) is 0. The second-order valence-electron chi connectivity index (χ2n) is 56.0. The Hall–Kier alpha value is -6.74. The van der Waals surface area contributed by atoms with Gasteiger partial charge < -0.3 is 34.2 Å². The Balaban J connectivity index is 0.000000443. The SMILES string of the molecule is CC(C)(C)c1cc(C(C)(C)C)c2op(OCCN(CCOp3oc4c(C(C)(C)C)cc(C(C)(C)C)cc4c4cc(C(C)(C)C)cc(C(C)(C)C)c4o3)CCOp3oc4c(C(C)(C)C)cc(C(C)(C)C)cc4c4cc(C(C)(C)C)cc(C(C)(C)C)c4o3)oc3c(C(C)(C)C)cc(C(C)(C)C)cc3c2c1.CC1c2cc(C(C)(C)C)cc(C(C)(C)C)c2OP(F)Oc2c1cc(C(C)(C)C)cc2C(C)(C)C. The van der Waals surface area contributed by atoms with Crippen LogP contribution in [-0.4, -0.2) is 44.4 Å². The van der Waals surface area contributed by atoms with Crippen molar-refractivity contribution in [3.05, 3.63) is 197 Å². The standard InChI is InChI=1S/C90H132NO9P3.C30H44FO2P/c1-79(2,3)55-43-61-62-44-56(80(4,5)6)50-68(86(22,23)24)74(62)96-101(95-73(61)67(49-55)85(19,20)21)92-40-37-91(38-41-93-102-97-75-63(45-57(81(7,8)9)51-69(75)87(25,26)27)64-46-58(82(10,11)12)52-70(76(64)98-102)88(28,29)30)39-42-94-103-99-77-65(47-59(83(13,14)15)53-71(77)89(31,32)33)66-48-60(84(16,17)18)54-72(78(66)100-103)90(34,35)36;1-18-21-14-19(27(2,3)4)16-23(29(8,9)10)25(21)32-34(31)33-26-22(18)15-20(28(5,6)7)17-24(26)30(11,12)13/h43-54H,37-42H2,1-36H3;14-18H,1-13H3. The van der Waals surface area contributed by atoms with Gasteiger partial charge in [-0.25, -0.2) is 0 Å². The van der Waals surface area contributed by atoms with E-state index in [1.165, 1.54) is 44.5 Å². The van der Waals surface area contributed by atoms with Crippen LogP contribution in [-0.2, 0) is 86.6 Å². The first-order chi connectivity index (χ1) is 61.8. The molecule has 754 valence electrons. The number of benzene rings is 8. The van der Waals surface area contributed by atoms with Gasteiger partial charge in [-0.05, 0) is 168 Å². The minimum absolute atomic E-state index is 0.0134. The molecule has 0 atom stereocenters. The summed E-state index contributed by atoms with van der Waals surface area (Å²) in [6.07, 6.45) is 0. The second-order valence-corrected chi connectivity index (χ2v) is 60.0. The highest BCUT2D eigenvalue weighted by molar-refractivity contribution is 7.42. The molecule has 0 aliphatic carbocycles. The molecule has 0 bridgehead atoms. The van der Waals surface area contributed by atoms with Gasteiger partial charge >= 0.3 is 33.4 Å². The van der Waals surface area contributed by atoms with E-state index >= 15 is 4.20 Å². The van der Waals surface area contributed by atoms with Crippen molar-refractivity contribution >= 4 is 99.2 Å². The maximum absolute atomic E-state index is 15.5. The summed E-state index contributed by atoms with van der Waals surface area (Å²) in [5.74, 6) is 1.27. The molecule has 4 heterocycles. The maximum Gasteiger partial charge on any atom is 0.505 e. The highest BCUT2D eigenvalue weighted by Crippen LogP contribution is 2.58. The fourth-order valence-corrected chi connectivity index (χ4v) is 21.6. The zero-order chi connectivity index (χ0) is 103. The molecule has 17 heteroatoms. The molecule has 8 aromatic carbocycles. The van der Waals surface area contributed by atoms with Gasteiger partial charge in [0.2, 0.25) is 0 Å². The third kappa shape index (κ3) is 25.4. The average molecular weight is 1950 g/mol. The predicted molar refractivity (Wildman–Crippen MR) is 589 cm³/mol. The molecule has 12 rings (SSSR count). The zero-order valence-corrected chi connectivity index (χ0v) is 97.7. The molecule has 3 aromatic heterocycles. The molecule has 1 aliphatic heterocycles. The van der Waals surface area contributed by atoms with Gasteiger partial charge in [-0.1, -0.05) is 400 Å². The van der Waals surface area contributed by atoms with Gasteiger partial charge in [0.15, 0.2) is 0 Å². The van der Waals surface area contributed by atoms with Crippen molar-refractivity contribution in [2.45, 2.75) is 432 Å². The summed E-state index contributed by atoms with van der Waals surface area (Å²) in [5, 5.41) is 6.17. The van der Waals surface area contributed by atoms with Gasteiger partial charge in [-0.15, -0.1) is 4.20 Å². The van der Waals surface area contributed by atoms with Crippen LogP contribution in [0.4, 0.5) is 4.20 Å². The molecular formula is C120H176FNO11P4. The Morgan fingerprint density at radius 1 is 0.226 bits per heavy atom. The molecule has 0 fully saturated rings. The van der Waals surface area contributed by atoms with E-state index in [1.54, 1.807) is 0 Å². The van der Waals surface area contributed by atoms with Crippen molar-refractivity contribution in [2.75, 3.05) is 39.5 Å². The summed E-state index contributed by atoms with van der Waals surface area (Å²) in [7, 11) is -8.66. The molecule has 1 aliphatic rings. The second kappa shape index (κ2) is 38.1. The van der Waals surface area contributed by atoms with Crippen molar-refractivity contribution in [1.82, 2.24) is 4.90 Å². The number of nitrogens with zero attached hydrogens (tertiary/aromatic N) is 1. The molecule has 0 amide bonds. The summed E-state index contributed by atoms with van der Waals surface area (Å²) in [6, 6.07) is 37.0. The molecular weight excluding hydrogens is 1770 g/mol. The van der Waals surface area contributed by atoms with Crippen molar-refractivity contribution in [1.29, 1.82) is 0 Å². The lowest BCUT2D eigenvalue weighted by molar-refractivity contribution is 0.183. The molecule has 0 N–H and O–H groups in total. The van der Waals surface area contributed by atoms with E-state index in [4.69, 9.17) is 47.8 Å². The van der Waals surface area contributed by atoms with Crippen LogP contribution in [0.3, 0.4) is 0 Å². The molecule has 0 radical (unpaired) electrons. The topological polar surface area (TPSA) is 128 Å². The Morgan fingerprint density at radius 3 is 0.533 bits per heavy atom. The predicted octanol–water partition coefficient (Wildman–Crippen LogP) is 38.1. The van der Waals surface area contributed by atoms with E-state index in [2.05, 4.69) is 441 Å². The van der Waals surface area contributed by atoms with Crippen LogP contribution in [0.5, 0.6) is 11.5 Å². The lowest BCUT2D eigenvalue weighted by atomic mass is 9.74. The number of hydrogen-bond acceptors (Lipinski definition) is 12. The Kier molecular flexibility index (Phi) is 30.8. The molecule has 12 nitrogen and oxygen atoms in total. The molecule has 0 saturated heterocycles. The lowest BCUT2D eigenvalue weighted by Crippen LogP contribution is -2.35. The van der Waals surface area contributed by atoms with Crippen molar-refractivity contribution in [2.24, 2.45) is 0 Å². The zero-order valence-electron chi connectivity index (χ0n) is 94.2. The first kappa shape index (κ1) is 111. The maximum atomic E-state index is 15.5. The summed E-state index contributed by atoms with van der Waals surface area (Å²) < 4.78 is 93.0. The van der Waals surface area contributed by atoms with Crippen LogP contribution >= 0.6 is 33.4 Å². The Bertz CT molecular complexity index is 5610. The van der Waals surface area contributed by atoms with E-state index < -0.39 is 33.4 Å². The molecule has 0 unspecified atom stereocenters. The molecule has 11 aromatic rings. The summed E-state index contributed by atoms with van der Waals surface area (Å²) in [5.41, 5.74) is 22.5. The van der Waals surface area contributed by atoms with Gasteiger partial charge in [-0.3, -0.25) is 18.5 Å². The first-order valence-corrected chi connectivity index (χ1v) is 54.6. The Morgan fingerprint density at radius 2 is 0.380 bits per heavy atom.